The number of benzene rings is 7. The van der Waals surface area contributed by atoms with Gasteiger partial charge < -0.3 is 0 Å². The van der Waals surface area contributed by atoms with E-state index in [1.54, 1.807) is 0 Å². The Bertz CT molecular complexity index is 3090. The standard InChI is InChI=1S/C32H12BF24.C23H20N/c34-25(35,36)13-1-14(26(37,38)39)6-21(5-13)33(22-7-15(27(40,41)42)2-16(8-22)28(43,44)45,23-9-17(29(46,47)48)3-18(10-23)30(49,50)51)24-11-19(31(52,53)54)4-20(12-24)32(55,56)57;1-3-9-19(10-4-1)17-23-22-14-8-7-13-21(22)15-16-24(23)18-20-11-5-2-6-12-20/h1-12H;1-16H,17-18H2/q-1;+1. The first-order chi connectivity index (χ1) is 37.2. The topological polar surface area (TPSA) is 3.88 Å². The summed E-state index contributed by atoms with van der Waals surface area (Å²) in [4.78, 5) is 0. The fourth-order valence-corrected chi connectivity index (χ4v) is 9.30. The maximum absolute atomic E-state index is 14.2. The molecule has 81 heavy (non-hydrogen) atoms. The number of alkyl halides is 24. The Morgan fingerprint density at radius 1 is 0.284 bits per heavy atom. The van der Waals surface area contributed by atoms with Gasteiger partial charge >= 0.3 is 49.4 Å². The van der Waals surface area contributed by atoms with Crippen molar-refractivity contribution >= 4 is 38.8 Å². The third kappa shape index (κ3) is 13.9. The van der Waals surface area contributed by atoms with Gasteiger partial charge in [0.1, 0.15) is 6.15 Å². The van der Waals surface area contributed by atoms with Crippen LogP contribution in [0.5, 0.6) is 0 Å². The van der Waals surface area contributed by atoms with E-state index in [0.717, 1.165) is 13.0 Å². The summed E-state index contributed by atoms with van der Waals surface area (Å²) < 4.78 is 343. The molecule has 0 amide bonds. The summed E-state index contributed by atoms with van der Waals surface area (Å²) in [6.45, 7) is 0.897. The molecule has 8 rings (SSSR count). The fraction of sp³-hybridized carbons (Fsp3) is 0.182. The molecule has 0 aliphatic carbocycles. The van der Waals surface area contributed by atoms with E-state index < -0.39 is 195 Å². The second kappa shape index (κ2) is 21.7. The minimum absolute atomic E-state index is 0.691. The van der Waals surface area contributed by atoms with Crippen molar-refractivity contribution in [2.75, 3.05) is 0 Å². The zero-order valence-electron chi connectivity index (χ0n) is 40.2. The number of halogens is 24. The van der Waals surface area contributed by atoms with Crippen LogP contribution >= 0.6 is 0 Å². The highest BCUT2D eigenvalue weighted by Gasteiger charge is 2.47. The quantitative estimate of drug-likeness (QED) is 0.0811. The third-order valence-corrected chi connectivity index (χ3v) is 12.9. The van der Waals surface area contributed by atoms with Gasteiger partial charge in [-0.1, -0.05) is 127 Å². The molecule has 0 bridgehead atoms. The van der Waals surface area contributed by atoms with Gasteiger partial charge in [0.25, 0.3) is 0 Å². The average molecular weight is 1170 g/mol. The van der Waals surface area contributed by atoms with Crippen LogP contribution in [0.2, 0.25) is 0 Å². The Morgan fingerprint density at radius 3 is 0.827 bits per heavy atom. The number of aromatic nitrogens is 1. The van der Waals surface area contributed by atoms with E-state index in [4.69, 9.17) is 0 Å². The largest absolute Gasteiger partial charge is 0.416 e. The van der Waals surface area contributed by atoms with Crippen LogP contribution in [-0.2, 0) is 62.4 Å². The van der Waals surface area contributed by atoms with E-state index >= 15 is 0 Å². The molecule has 0 atom stereocenters. The lowest BCUT2D eigenvalue weighted by Crippen LogP contribution is -2.75. The van der Waals surface area contributed by atoms with Gasteiger partial charge in [-0.05, 0) is 41.3 Å². The normalized spacial score (nSPS) is 13.3. The Hall–Kier alpha value is -7.67. The van der Waals surface area contributed by atoms with Crippen LogP contribution in [0.4, 0.5) is 105 Å². The molecule has 0 aliphatic heterocycles. The molecule has 0 aliphatic rings. The summed E-state index contributed by atoms with van der Waals surface area (Å²) in [6.07, 6.45) is -51.7. The zero-order valence-corrected chi connectivity index (χ0v) is 40.2. The maximum Gasteiger partial charge on any atom is 0.416 e. The fourth-order valence-electron chi connectivity index (χ4n) is 9.30. The van der Waals surface area contributed by atoms with Gasteiger partial charge in [0.2, 0.25) is 0 Å². The second-order valence-electron chi connectivity index (χ2n) is 18.3. The molecule has 0 radical (unpaired) electrons. The van der Waals surface area contributed by atoms with Gasteiger partial charge in [0.15, 0.2) is 18.4 Å². The summed E-state index contributed by atoms with van der Waals surface area (Å²) in [5, 5.41) is 2.63. The third-order valence-electron chi connectivity index (χ3n) is 12.9. The molecule has 0 saturated carbocycles. The highest BCUT2D eigenvalue weighted by molar-refractivity contribution is 7.20. The number of nitrogens with zero attached hydrogens (tertiary/aromatic N) is 1. The van der Waals surface area contributed by atoms with E-state index in [1.807, 2.05) is 0 Å². The number of rotatable bonds is 8. The Balaban J connectivity index is 0.000000323. The number of fused-ring (bicyclic) bond motifs is 1. The van der Waals surface area contributed by atoms with Crippen molar-refractivity contribution in [2.24, 2.45) is 0 Å². The van der Waals surface area contributed by atoms with Crippen molar-refractivity contribution < 1.29 is 110 Å². The van der Waals surface area contributed by atoms with E-state index in [2.05, 4.69) is 102 Å². The van der Waals surface area contributed by atoms with Gasteiger partial charge in [0, 0.05) is 17.0 Å². The first kappa shape index (κ1) is 61.0. The zero-order chi connectivity index (χ0) is 60.1. The summed E-state index contributed by atoms with van der Waals surface area (Å²) in [5.74, 6) is 0. The molecule has 0 saturated heterocycles. The van der Waals surface area contributed by atoms with E-state index in [1.165, 1.54) is 27.6 Å². The van der Waals surface area contributed by atoms with E-state index in [9.17, 15) is 105 Å². The van der Waals surface area contributed by atoms with Crippen molar-refractivity contribution in [3.05, 3.63) is 231 Å². The molecule has 26 heteroatoms. The lowest BCUT2D eigenvalue weighted by atomic mass is 9.12. The van der Waals surface area contributed by atoms with Crippen LogP contribution in [-0.4, -0.2) is 6.15 Å². The molecule has 0 spiro atoms. The van der Waals surface area contributed by atoms with Crippen molar-refractivity contribution in [2.45, 2.75) is 62.4 Å². The highest BCUT2D eigenvalue weighted by atomic mass is 19.4. The maximum atomic E-state index is 14.2. The average Bonchev–Trinajstić information content (AvgIpc) is 3.36. The summed E-state index contributed by atoms with van der Waals surface area (Å²) in [6, 6.07) is 23.4. The first-order valence-corrected chi connectivity index (χ1v) is 23.0. The molecule has 1 aromatic heterocycles. The predicted octanol–water partition coefficient (Wildman–Crippen LogP) is 16.0. The SMILES string of the molecule is FC(F)(F)c1cc([B-](c2cc(C(F)(F)F)cc(C(F)(F)F)c2)(c2cc(C(F)(F)F)cc(C(F)(F)F)c2)c2cc(C(F)(F)F)cc(C(F)(F)F)c2)cc(C(F)(F)F)c1.c1ccc(Cc2c3ccccc3cc[n+]2Cc2ccccc2)cc1. The van der Waals surface area contributed by atoms with Gasteiger partial charge in [-0.15, -0.1) is 0 Å². The van der Waals surface area contributed by atoms with Gasteiger partial charge in [-0.25, -0.2) is 0 Å². The van der Waals surface area contributed by atoms with Crippen molar-refractivity contribution in [1.82, 2.24) is 0 Å². The minimum Gasteiger partial charge on any atom is -0.197 e. The van der Waals surface area contributed by atoms with Gasteiger partial charge in [-0.2, -0.15) is 132 Å². The smallest absolute Gasteiger partial charge is 0.197 e. The molecule has 1 nitrogen and oxygen atoms in total. The molecular weight excluding hydrogens is 1140 g/mol. The van der Waals surface area contributed by atoms with Crippen LogP contribution < -0.4 is 26.4 Å². The number of pyridine rings is 1. The Kier molecular flexibility index (Phi) is 16.3. The molecule has 7 aromatic carbocycles. The summed E-state index contributed by atoms with van der Waals surface area (Å²) in [7, 11) is 0. The van der Waals surface area contributed by atoms with Gasteiger partial charge in [0.05, 0.1) is 50.9 Å². The molecule has 1 heterocycles. The molecular formula is C55H32BF24N. The molecule has 428 valence electrons. The Morgan fingerprint density at radius 2 is 0.543 bits per heavy atom. The van der Waals surface area contributed by atoms with Crippen molar-refractivity contribution in [3.8, 4) is 0 Å². The lowest BCUT2D eigenvalue weighted by Gasteiger charge is -2.46. The van der Waals surface area contributed by atoms with Crippen LogP contribution in [0.1, 0.15) is 61.3 Å². The van der Waals surface area contributed by atoms with Crippen LogP contribution in [0.25, 0.3) is 10.8 Å². The van der Waals surface area contributed by atoms with E-state index in [-0.39, 0.29) is 0 Å². The molecule has 8 aromatic rings. The second-order valence-corrected chi connectivity index (χ2v) is 18.3. The van der Waals surface area contributed by atoms with Crippen LogP contribution in [0, 0.1) is 0 Å². The summed E-state index contributed by atoms with van der Waals surface area (Å²) in [5.41, 5.74) is -26.2. The van der Waals surface area contributed by atoms with Crippen molar-refractivity contribution in [3.63, 3.8) is 0 Å². The molecule has 0 N–H and O–H groups in total. The lowest BCUT2D eigenvalue weighted by molar-refractivity contribution is -0.693. The van der Waals surface area contributed by atoms with Crippen LogP contribution in [0.3, 0.4) is 0 Å². The molecule has 0 fully saturated rings. The molecule has 0 unspecified atom stereocenters. The van der Waals surface area contributed by atoms with Crippen molar-refractivity contribution in [1.29, 1.82) is 0 Å². The highest BCUT2D eigenvalue weighted by Crippen LogP contribution is 2.41. The van der Waals surface area contributed by atoms with E-state index in [0.29, 0.717) is 0 Å². The first-order valence-electron chi connectivity index (χ1n) is 23.0. The number of hydrogen-bond acceptors (Lipinski definition) is 0. The number of hydrogen-bond donors (Lipinski definition) is 0. The van der Waals surface area contributed by atoms with Gasteiger partial charge in [-0.3, -0.25) is 0 Å². The monoisotopic (exact) mass is 1170 g/mol. The predicted molar refractivity (Wildman–Crippen MR) is 249 cm³/mol. The van der Waals surface area contributed by atoms with Crippen LogP contribution in [0.15, 0.2) is 170 Å². The Labute approximate surface area is 441 Å². The summed E-state index contributed by atoms with van der Waals surface area (Å²) >= 11 is 0. The minimum atomic E-state index is -6.13.